The number of hydrogen-bond donors (Lipinski definition) is 2. The molecular weight excluding hydrogens is 302 g/mol. The van der Waals surface area contributed by atoms with E-state index in [1.54, 1.807) is 23.9 Å². The zero-order valence-electron chi connectivity index (χ0n) is 13.7. The number of hydrogen-bond acceptors (Lipinski definition) is 3. The highest BCUT2D eigenvalue weighted by Crippen LogP contribution is 2.24. The van der Waals surface area contributed by atoms with Gasteiger partial charge in [-0.1, -0.05) is 18.2 Å². The minimum atomic E-state index is -0.292. The Morgan fingerprint density at radius 3 is 2.79 bits per heavy atom. The summed E-state index contributed by atoms with van der Waals surface area (Å²) < 4.78 is 1.76. The topological polar surface area (TPSA) is 67.2 Å². The van der Waals surface area contributed by atoms with E-state index in [4.69, 9.17) is 0 Å². The van der Waals surface area contributed by atoms with E-state index in [9.17, 15) is 9.90 Å². The highest BCUT2D eigenvalue weighted by Gasteiger charge is 2.13. The van der Waals surface area contributed by atoms with Crippen LogP contribution in [-0.2, 0) is 6.54 Å². The molecule has 0 spiro atoms. The first-order valence-electron chi connectivity index (χ1n) is 7.72. The van der Waals surface area contributed by atoms with Crippen LogP contribution in [0.25, 0.3) is 5.69 Å². The maximum Gasteiger partial charge on any atom is 0.255 e. The zero-order valence-corrected chi connectivity index (χ0v) is 13.7. The van der Waals surface area contributed by atoms with Crippen LogP contribution in [0.3, 0.4) is 0 Å². The smallest absolute Gasteiger partial charge is 0.255 e. The molecule has 0 aliphatic rings. The van der Waals surface area contributed by atoms with E-state index in [0.717, 1.165) is 22.4 Å². The first-order chi connectivity index (χ1) is 11.6. The van der Waals surface area contributed by atoms with Gasteiger partial charge in [0.2, 0.25) is 0 Å². The lowest BCUT2D eigenvalue weighted by Gasteiger charge is -2.11. The minimum absolute atomic E-state index is 0.0396. The summed E-state index contributed by atoms with van der Waals surface area (Å²) in [7, 11) is 0. The first kappa shape index (κ1) is 15.8. The SMILES string of the molecule is Cc1ccc(C(=O)NCc2cccc(-n3cccn3)c2)c(O)c1C. The molecular formula is C19H19N3O2. The van der Waals surface area contributed by atoms with E-state index < -0.39 is 0 Å². The van der Waals surface area contributed by atoms with Gasteiger partial charge in [-0.2, -0.15) is 5.10 Å². The predicted octanol–water partition coefficient (Wildman–Crippen LogP) is 3.12. The summed E-state index contributed by atoms with van der Waals surface area (Å²) in [4.78, 5) is 12.3. The molecule has 0 aliphatic carbocycles. The first-order valence-corrected chi connectivity index (χ1v) is 7.72. The van der Waals surface area contributed by atoms with Crippen molar-refractivity contribution in [2.75, 3.05) is 0 Å². The van der Waals surface area contributed by atoms with Crippen molar-refractivity contribution in [3.63, 3.8) is 0 Å². The van der Waals surface area contributed by atoms with Gasteiger partial charge in [0, 0.05) is 18.9 Å². The number of phenols is 1. The highest BCUT2D eigenvalue weighted by atomic mass is 16.3. The van der Waals surface area contributed by atoms with Gasteiger partial charge in [0.25, 0.3) is 5.91 Å². The van der Waals surface area contributed by atoms with Gasteiger partial charge >= 0.3 is 0 Å². The molecule has 3 rings (SSSR count). The van der Waals surface area contributed by atoms with Crippen LogP contribution in [0.4, 0.5) is 0 Å². The number of nitrogens with zero attached hydrogens (tertiary/aromatic N) is 2. The lowest BCUT2D eigenvalue weighted by atomic mass is 10.0. The molecule has 0 bridgehead atoms. The van der Waals surface area contributed by atoms with E-state index in [0.29, 0.717) is 12.1 Å². The molecule has 5 heteroatoms. The van der Waals surface area contributed by atoms with Crippen molar-refractivity contribution >= 4 is 5.91 Å². The Kier molecular flexibility index (Phi) is 4.33. The highest BCUT2D eigenvalue weighted by molar-refractivity contribution is 5.97. The Bertz CT molecular complexity index is 870. The number of carbonyl (C=O) groups excluding carboxylic acids is 1. The largest absolute Gasteiger partial charge is 0.507 e. The Morgan fingerprint density at radius 2 is 2.04 bits per heavy atom. The fraction of sp³-hybridized carbons (Fsp3) is 0.158. The molecule has 0 aliphatic heterocycles. The van der Waals surface area contributed by atoms with Crippen molar-refractivity contribution in [2.45, 2.75) is 20.4 Å². The second kappa shape index (κ2) is 6.58. The molecule has 24 heavy (non-hydrogen) atoms. The number of rotatable bonds is 4. The summed E-state index contributed by atoms with van der Waals surface area (Å²) in [6, 6.07) is 13.1. The van der Waals surface area contributed by atoms with Crippen LogP contribution in [0.5, 0.6) is 5.75 Å². The fourth-order valence-corrected chi connectivity index (χ4v) is 2.49. The maximum atomic E-state index is 12.3. The molecule has 0 saturated carbocycles. The Hall–Kier alpha value is -3.08. The second-order valence-corrected chi connectivity index (χ2v) is 5.71. The molecule has 1 heterocycles. The number of aryl methyl sites for hydroxylation is 1. The van der Waals surface area contributed by atoms with Crippen molar-refractivity contribution in [3.8, 4) is 11.4 Å². The minimum Gasteiger partial charge on any atom is -0.507 e. The Balaban J connectivity index is 1.73. The van der Waals surface area contributed by atoms with E-state index in [1.165, 1.54) is 0 Å². The monoisotopic (exact) mass is 321 g/mol. The van der Waals surface area contributed by atoms with Gasteiger partial charge in [-0.3, -0.25) is 4.79 Å². The van der Waals surface area contributed by atoms with Gasteiger partial charge in [0.1, 0.15) is 5.75 Å². The van der Waals surface area contributed by atoms with Crippen LogP contribution >= 0.6 is 0 Å². The van der Waals surface area contributed by atoms with Gasteiger partial charge in [0.05, 0.1) is 11.3 Å². The Labute approximate surface area is 140 Å². The standard InChI is InChI=1S/C19H19N3O2/c1-13-7-8-17(18(23)14(13)2)19(24)20-12-15-5-3-6-16(11-15)22-10-4-9-21-22/h3-11,23H,12H2,1-2H3,(H,20,24). The van der Waals surface area contributed by atoms with Gasteiger partial charge in [0.15, 0.2) is 0 Å². The molecule has 0 unspecified atom stereocenters. The molecule has 1 amide bonds. The van der Waals surface area contributed by atoms with Crippen LogP contribution in [0, 0.1) is 13.8 Å². The lowest BCUT2D eigenvalue weighted by molar-refractivity contribution is 0.0948. The third kappa shape index (κ3) is 3.15. The van der Waals surface area contributed by atoms with Crippen LogP contribution in [-0.4, -0.2) is 20.8 Å². The summed E-state index contributed by atoms with van der Waals surface area (Å²) >= 11 is 0. The van der Waals surface area contributed by atoms with Gasteiger partial charge in [-0.05, 0) is 54.8 Å². The summed E-state index contributed by atoms with van der Waals surface area (Å²) in [5.74, 6) is -0.252. The number of phenolic OH excluding ortho intramolecular Hbond substituents is 1. The summed E-state index contributed by atoms with van der Waals surface area (Å²) in [6.07, 6.45) is 3.59. The van der Waals surface area contributed by atoms with Crippen LogP contribution in [0.1, 0.15) is 27.0 Å². The predicted molar refractivity (Wildman–Crippen MR) is 92.3 cm³/mol. The van der Waals surface area contributed by atoms with Crippen LogP contribution < -0.4 is 5.32 Å². The summed E-state index contributed by atoms with van der Waals surface area (Å²) in [6.45, 7) is 4.08. The Morgan fingerprint density at radius 1 is 1.21 bits per heavy atom. The maximum absolute atomic E-state index is 12.3. The van der Waals surface area contributed by atoms with Crippen LogP contribution in [0.15, 0.2) is 54.9 Å². The summed E-state index contributed by atoms with van der Waals surface area (Å²) in [5, 5.41) is 17.2. The van der Waals surface area contributed by atoms with Crippen molar-refractivity contribution in [2.24, 2.45) is 0 Å². The van der Waals surface area contributed by atoms with E-state index >= 15 is 0 Å². The third-order valence-corrected chi connectivity index (χ3v) is 4.08. The molecule has 5 nitrogen and oxygen atoms in total. The second-order valence-electron chi connectivity index (χ2n) is 5.71. The molecule has 0 radical (unpaired) electrons. The molecule has 0 fully saturated rings. The molecule has 122 valence electrons. The number of benzene rings is 2. The van der Waals surface area contributed by atoms with Gasteiger partial charge in [-0.15, -0.1) is 0 Å². The summed E-state index contributed by atoms with van der Waals surface area (Å²) in [5.41, 5.74) is 3.86. The quantitative estimate of drug-likeness (QED) is 0.776. The van der Waals surface area contributed by atoms with Crippen LogP contribution in [0.2, 0.25) is 0 Å². The van der Waals surface area contributed by atoms with Crippen molar-refractivity contribution in [3.05, 3.63) is 77.1 Å². The third-order valence-electron chi connectivity index (χ3n) is 4.08. The van der Waals surface area contributed by atoms with Crippen molar-refractivity contribution in [1.82, 2.24) is 15.1 Å². The molecule has 2 aromatic carbocycles. The van der Waals surface area contributed by atoms with Crippen molar-refractivity contribution in [1.29, 1.82) is 0 Å². The average Bonchev–Trinajstić information content (AvgIpc) is 3.13. The number of amides is 1. The van der Waals surface area contributed by atoms with Gasteiger partial charge < -0.3 is 10.4 Å². The zero-order chi connectivity index (χ0) is 17.1. The molecule has 0 atom stereocenters. The number of nitrogens with one attached hydrogen (secondary N) is 1. The number of carbonyl (C=O) groups is 1. The van der Waals surface area contributed by atoms with E-state index in [-0.39, 0.29) is 11.7 Å². The normalized spacial score (nSPS) is 10.6. The molecule has 3 aromatic rings. The lowest BCUT2D eigenvalue weighted by Crippen LogP contribution is -2.23. The van der Waals surface area contributed by atoms with E-state index in [1.807, 2.05) is 49.5 Å². The molecule has 1 aromatic heterocycles. The van der Waals surface area contributed by atoms with Gasteiger partial charge in [-0.25, -0.2) is 4.68 Å². The van der Waals surface area contributed by atoms with Crippen molar-refractivity contribution < 1.29 is 9.90 Å². The number of aromatic nitrogens is 2. The molecule has 2 N–H and O–H groups in total. The molecule has 0 saturated heterocycles. The fourth-order valence-electron chi connectivity index (χ4n) is 2.49. The van der Waals surface area contributed by atoms with E-state index in [2.05, 4.69) is 10.4 Å². The number of aromatic hydroxyl groups is 1. The average molecular weight is 321 g/mol.